The van der Waals surface area contributed by atoms with Crippen molar-refractivity contribution in [2.75, 3.05) is 13.1 Å². The van der Waals surface area contributed by atoms with Crippen LogP contribution in [0.5, 0.6) is 0 Å². The number of imidazole rings is 1. The first kappa shape index (κ1) is 13.1. The summed E-state index contributed by atoms with van der Waals surface area (Å²) in [6.45, 7) is 6.07. The Balaban J connectivity index is 1.90. The predicted molar refractivity (Wildman–Crippen MR) is 75.6 cm³/mol. The van der Waals surface area contributed by atoms with Gasteiger partial charge in [0.25, 0.3) is 0 Å². The van der Waals surface area contributed by atoms with Gasteiger partial charge in [0.1, 0.15) is 0 Å². The molecule has 1 aromatic heterocycles. The smallest absolute Gasteiger partial charge is 0.0931 e. The number of nitrogens with two attached hydrogens (primary N) is 1. The lowest BCUT2D eigenvalue weighted by atomic mass is 10.0. The molecule has 0 spiro atoms. The third-order valence-corrected chi connectivity index (χ3v) is 3.27. The second-order valence-corrected chi connectivity index (χ2v) is 5.35. The molecule has 0 saturated carbocycles. The van der Waals surface area contributed by atoms with E-state index in [1.807, 2.05) is 0 Å². The molecule has 98 valence electrons. The first-order chi connectivity index (χ1) is 8.61. The maximum Gasteiger partial charge on any atom is 0.0931 e. The van der Waals surface area contributed by atoms with E-state index in [-0.39, 0.29) is 5.54 Å². The van der Waals surface area contributed by atoms with Gasteiger partial charge >= 0.3 is 0 Å². The minimum atomic E-state index is 0.118. The van der Waals surface area contributed by atoms with Gasteiger partial charge < -0.3 is 16.0 Å². The highest BCUT2D eigenvalue weighted by Gasteiger charge is 2.14. The first-order valence-electron chi connectivity index (χ1n) is 6.48. The van der Waals surface area contributed by atoms with E-state index in [4.69, 9.17) is 5.73 Å². The zero-order valence-electron chi connectivity index (χ0n) is 11.2. The van der Waals surface area contributed by atoms with E-state index in [2.05, 4.69) is 47.3 Å². The Morgan fingerprint density at radius 1 is 1.39 bits per heavy atom. The van der Waals surface area contributed by atoms with Gasteiger partial charge in [-0.15, -0.1) is 0 Å². The van der Waals surface area contributed by atoms with E-state index in [0.717, 1.165) is 37.0 Å². The van der Waals surface area contributed by atoms with Gasteiger partial charge in [-0.1, -0.05) is 6.07 Å². The third kappa shape index (κ3) is 3.31. The fourth-order valence-corrected chi connectivity index (χ4v) is 2.13. The van der Waals surface area contributed by atoms with Crippen molar-refractivity contribution in [1.82, 2.24) is 15.3 Å². The van der Waals surface area contributed by atoms with Crippen LogP contribution in [0.15, 0.2) is 24.5 Å². The number of aromatic amines is 1. The standard InChI is InChI=1S/C14H22N4/c1-14(2,6-7-15)18-8-5-11-3-4-12-13(9-11)17-10-16-12/h3-4,9-10,18H,5-8,15H2,1-2H3,(H,16,17). The molecule has 4 heteroatoms. The highest BCUT2D eigenvalue weighted by atomic mass is 14.9. The van der Waals surface area contributed by atoms with Crippen LogP contribution in [-0.4, -0.2) is 28.6 Å². The number of benzene rings is 1. The molecular weight excluding hydrogens is 224 g/mol. The van der Waals surface area contributed by atoms with Gasteiger partial charge in [0.05, 0.1) is 17.4 Å². The minimum absolute atomic E-state index is 0.118. The quantitative estimate of drug-likeness (QED) is 0.728. The second-order valence-electron chi connectivity index (χ2n) is 5.35. The van der Waals surface area contributed by atoms with Crippen molar-refractivity contribution in [2.45, 2.75) is 32.2 Å². The Hall–Kier alpha value is -1.39. The monoisotopic (exact) mass is 246 g/mol. The van der Waals surface area contributed by atoms with Crippen LogP contribution in [0.2, 0.25) is 0 Å². The summed E-state index contributed by atoms with van der Waals surface area (Å²) in [4.78, 5) is 7.36. The van der Waals surface area contributed by atoms with Crippen LogP contribution in [0.3, 0.4) is 0 Å². The molecule has 1 aromatic carbocycles. The molecule has 18 heavy (non-hydrogen) atoms. The number of hydrogen-bond donors (Lipinski definition) is 3. The Morgan fingerprint density at radius 3 is 3.00 bits per heavy atom. The summed E-state index contributed by atoms with van der Waals surface area (Å²) >= 11 is 0. The van der Waals surface area contributed by atoms with Crippen molar-refractivity contribution in [1.29, 1.82) is 0 Å². The molecule has 2 rings (SSSR count). The molecule has 0 aliphatic carbocycles. The van der Waals surface area contributed by atoms with E-state index in [1.54, 1.807) is 6.33 Å². The largest absolute Gasteiger partial charge is 0.345 e. The highest BCUT2D eigenvalue weighted by molar-refractivity contribution is 5.75. The topological polar surface area (TPSA) is 66.7 Å². The lowest BCUT2D eigenvalue weighted by Gasteiger charge is -2.25. The normalized spacial score (nSPS) is 12.2. The van der Waals surface area contributed by atoms with Gasteiger partial charge in [0.15, 0.2) is 0 Å². The zero-order chi connectivity index (χ0) is 13.0. The van der Waals surface area contributed by atoms with Gasteiger partial charge in [0.2, 0.25) is 0 Å². The molecule has 0 atom stereocenters. The van der Waals surface area contributed by atoms with Gasteiger partial charge in [-0.3, -0.25) is 0 Å². The lowest BCUT2D eigenvalue weighted by Crippen LogP contribution is -2.41. The number of nitrogens with one attached hydrogen (secondary N) is 2. The van der Waals surface area contributed by atoms with Crippen LogP contribution in [0.25, 0.3) is 11.0 Å². The molecule has 0 amide bonds. The molecule has 4 nitrogen and oxygen atoms in total. The Labute approximate surface area is 108 Å². The van der Waals surface area contributed by atoms with Crippen LogP contribution in [0.4, 0.5) is 0 Å². The number of H-pyrrole nitrogens is 1. The molecule has 0 aliphatic rings. The van der Waals surface area contributed by atoms with Crippen molar-refractivity contribution in [2.24, 2.45) is 5.73 Å². The summed E-state index contributed by atoms with van der Waals surface area (Å²) in [5.41, 5.74) is 9.17. The molecule has 2 aromatic rings. The van der Waals surface area contributed by atoms with Crippen molar-refractivity contribution in [3.05, 3.63) is 30.1 Å². The van der Waals surface area contributed by atoms with Crippen LogP contribution in [0, 0.1) is 0 Å². The number of hydrogen-bond acceptors (Lipinski definition) is 3. The Bertz CT molecular complexity index is 501. The first-order valence-corrected chi connectivity index (χ1v) is 6.48. The third-order valence-electron chi connectivity index (χ3n) is 3.27. The minimum Gasteiger partial charge on any atom is -0.345 e. The predicted octanol–water partition coefficient (Wildman–Crippen LogP) is 1.82. The van der Waals surface area contributed by atoms with Crippen molar-refractivity contribution < 1.29 is 0 Å². The lowest BCUT2D eigenvalue weighted by molar-refractivity contribution is 0.370. The van der Waals surface area contributed by atoms with Crippen LogP contribution < -0.4 is 11.1 Å². The molecule has 1 heterocycles. The summed E-state index contributed by atoms with van der Waals surface area (Å²) < 4.78 is 0. The number of nitrogens with zero attached hydrogens (tertiary/aromatic N) is 1. The molecule has 0 bridgehead atoms. The highest BCUT2D eigenvalue weighted by Crippen LogP contribution is 2.12. The van der Waals surface area contributed by atoms with Crippen LogP contribution >= 0.6 is 0 Å². The van der Waals surface area contributed by atoms with E-state index in [9.17, 15) is 0 Å². The fourth-order valence-electron chi connectivity index (χ4n) is 2.13. The molecule has 4 N–H and O–H groups in total. The van der Waals surface area contributed by atoms with Crippen molar-refractivity contribution in [3.63, 3.8) is 0 Å². The van der Waals surface area contributed by atoms with E-state index in [1.165, 1.54) is 5.56 Å². The summed E-state index contributed by atoms with van der Waals surface area (Å²) in [6, 6.07) is 6.37. The number of aromatic nitrogens is 2. The number of rotatable bonds is 6. The van der Waals surface area contributed by atoms with E-state index >= 15 is 0 Å². The van der Waals surface area contributed by atoms with Crippen LogP contribution in [-0.2, 0) is 6.42 Å². The summed E-state index contributed by atoms with van der Waals surface area (Å²) in [5, 5.41) is 3.54. The molecule has 0 radical (unpaired) electrons. The van der Waals surface area contributed by atoms with Gasteiger partial charge in [-0.25, -0.2) is 4.98 Å². The average molecular weight is 246 g/mol. The van der Waals surface area contributed by atoms with E-state index in [0.29, 0.717) is 0 Å². The Kier molecular flexibility index (Phi) is 3.99. The van der Waals surface area contributed by atoms with Gasteiger partial charge in [-0.05, 0) is 57.5 Å². The Morgan fingerprint density at radius 2 is 2.22 bits per heavy atom. The maximum absolute atomic E-state index is 5.60. The molecule has 0 saturated heterocycles. The maximum atomic E-state index is 5.60. The molecule has 0 aliphatic heterocycles. The second kappa shape index (κ2) is 5.50. The summed E-state index contributed by atoms with van der Waals surface area (Å²) in [5.74, 6) is 0. The summed E-state index contributed by atoms with van der Waals surface area (Å²) in [7, 11) is 0. The van der Waals surface area contributed by atoms with Crippen LogP contribution in [0.1, 0.15) is 25.8 Å². The van der Waals surface area contributed by atoms with Gasteiger partial charge in [0, 0.05) is 5.54 Å². The van der Waals surface area contributed by atoms with Crippen molar-refractivity contribution >= 4 is 11.0 Å². The van der Waals surface area contributed by atoms with Crippen molar-refractivity contribution in [3.8, 4) is 0 Å². The van der Waals surface area contributed by atoms with Gasteiger partial charge in [-0.2, -0.15) is 0 Å². The fraction of sp³-hybridized carbons (Fsp3) is 0.500. The summed E-state index contributed by atoms with van der Waals surface area (Å²) in [6.07, 6.45) is 3.74. The zero-order valence-corrected chi connectivity index (χ0v) is 11.2. The average Bonchev–Trinajstić information content (AvgIpc) is 2.75. The SMILES string of the molecule is CC(C)(CCN)NCCc1ccc2nc[nH]c2c1. The number of fused-ring (bicyclic) bond motifs is 1. The molecule has 0 fully saturated rings. The van der Waals surface area contributed by atoms with E-state index < -0.39 is 0 Å². The molecular formula is C14H22N4. The molecule has 0 unspecified atom stereocenters.